The van der Waals surface area contributed by atoms with Crippen molar-refractivity contribution >= 4 is 11.8 Å². The number of Topliss-reactive ketones (excluding diaryl/α,β-unsaturated/α-hetero) is 1. The van der Waals surface area contributed by atoms with Gasteiger partial charge in [0, 0.05) is 17.7 Å². The van der Waals surface area contributed by atoms with E-state index in [1.807, 2.05) is 0 Å². The standard InChI is InChI=1S/C28H26O16/c29-11-5-12(30)21-13(31)7-17(42-18(21)6-11)9-1-16(34)23(36)19(4-9)43-28-26(39)25(38)24(37)20(44-28)8-41-27(40)10-2-14(32)22(35)15(33)3-10/h1-6,17,20,24-26,28-30,32-39H,7-8H2/t17-,20-,24-,25+,26-,28-/m0/s1. The van der Waals surface area contributed by atoms with E-state index in [-0.39, 0.29) is 34.6 Å². The molecule has 0 aliphatic carbocycles. The van der Waals surface area contributed by atoms with Crippen molar-refractivity contribution in [1.82, 2.24) is 0 Å². The molecule has 0 aromatic heterocycles. The number of hydrogen-bond donors (Lipinski definition) is 10. The maximum absolute atomic E-state index is 12.7. The van der Waals surface area contributed by atoms with Gasteiger partial charge in [-0.25, -0.2) is 4.79 Å². The van der Waals surface area contributed by atoms with Crippen molar-refractivity contribution in [1.29, 1.82) is 0 Å². The summed E-state index contributed by atoms with van der Waals surface area (Å²) < 4.78 is 21.8. The molecule has 10 N–H and O–H groups in total. The second-order valence-corrected chi connectivity index (χ2v) is 10.1. The van der Waals surface area contributed by atoms with Crippen molar-refractivity contribution in [2.24, 2.45) is 0 Å². The summed E-state index contributed by atoms with van der Waals surface area (Å²) in [7, 11) is 0. The molecule has 0 radical (unpaired) electrons. The predicted molar refractivity (Wildman–Crippen MR) is 141 cm³/mol. The van der Waals surface area contributed by atoms with E-state index in [1.54, 1.807) is 0 Å². The molecule has 2 heterocycles. The number of benzene rings is 3. The smallest absolute Gasteiger partial charge is 0.338 e. The number of rotatable bonds is 6. The maximum Gasteiger partial charge on any atom is 0.338 e. The van der Waals surface area contributed by atoms with Crippen LogP contribution < -0.4 is 9.47 Å². The summed E-state index contributed by atoms with van der Waals surface area (Å²) in [6.45, 7) is -0.750. The van der Waals surface area contributed by atoms with E-state index in [0.717, 1.165) is 36.4 Å². The van der Waals surface area contributed by atoms with E-state index in [4.69, 9.17) is 18.9 Å². The van der Waals surface area contributed by atoms with Gasteiger partial charge in [-0.1, -0.05) is 0 Å². The van der Waals surface area contributed by atoms with Gasteiger partial charge < -0.3 is 70.0 Å². The van der Waals surface area contributed by atoms with E-state index in [2.05, 4.69) is 0 Å². The first kappa shape index (κ1) is 30.3. The van der Waals surface area contributed by atoms with Crippen molar-refractivity contribution < 1.29 is 79.6 Å². The molecule has 0 bridgehead atoms. The molecule has 5 rings (SSSR count). The fourth-order valence-corrected chi connectivity index (χ4v) is 4.74. The highest BCUT2D eigenvalue weighted by Crippen LogP contribution is 2.45. The van der Waals surface area contributed by atoms with Crippen LogP contribution in [0.25, 0.3) is 0 Å². The normalized spacial score (nSPS) is 24.7. The van der Waals surface area contributed by atoms with Crippen LogP contribution in [0.3, 0.4) is 0 Å². The molecule has 3 aromatic carbocycles. The highest BCUT2D eigenvalue weighted by Gasteiger charge is 2.46. The molecule has 3 aromatic rings. The molecule has 234 valence electrons. The Labute approximate surface area is 246 Å². The predicted octanol–water partition coefficient (Wildman–Crippen LogP) is 0.376. The van der Waals surface area contributed by atoms with Crippen LogP contribution in [0.1, 0.15) is 38.8 Å². The molecule has 0 saturated carbocycles. The minimum Gasteiger partial charge on any atom is -0.508 e. The van der Waals surface area contributed by atoms with E-state index < -0.39 is 95.4 Å². The highest BCUT2D eigenvalue weighted by molar-refractivity contribution is 6.02. The molecule has 1 fully saturated rings. The summed E-state index contributed by atoms with van der Waals surface area (Å²) >= 11 is 0. The van der Waals surface area contributed by atoms with Gasteiger partial charge in [0.1, 0.15) is 59.9 Å². The number of esters is 1. The average molecular weight is 619 g/mol. The largest absolute Gasteiger partial charge is 0.508 e. The zero-order chi connectivity index (χ0) is 32.0. The summed E-state index contributed by atoms with van der Waals surface area (Å²) in [6, 6.07) is 5.87. The Morgan fingerprint density at radius 3 is 2.14 bits per heavy atom. The van der Waals surface area contributed by atoms with Gasteiger partial charge in [-0.2, -0.15) is 0 Å². The molecular formula is C28H26O16. The zero-order valence-corrected chi connectivity index (χ0v) is 22.3. The Kier molecular flexibility index (Phi) is 7.92. The van der Waals surface area contributed by atoms with E-state index >= 15 is 0 Å². The molecule has 0 spiro atoms. The highest BCUT2D eigenvalue weighted by atomic mass is 16.7. The fraction of sp³-hybridized carbons (Fsp3) is 0.286. The molecule has 1 saturated heterocycles. The third kappa shape index (κ3) is 5.61. The Morgan fingerprint density at radius 1 is 0.795 bits per heavy atom. The lowest BCUT2D eigenvalue weighted by atomic mass is 9.95. The quantitative estimate of drug-likeness (QED) is 0.132. The number of aliphatic hydroxyl groups is 3. The van der Waals surface area contributed by atoms with Crippen LogP contribution in [-0.4, -0.2) is 100 Å². The third-order valence-corrected chi connectivity index (χ3v) is 7.03. The first-order valence-electron chi connectivity index (χ1n) is 12.8. The van der Waals surface area contributed by atoms with Crippen LogP contribution in [0, 0.1) is 0 Å². The number of carbonyl (C=O) groups excluding carboxylic acids is 2. The minimum absolute atomic E-state index is 0.0777. The van der Waals surface area contributed by atoms with Gasteiger partial charge in [0.2, 0.25) is 12.0 Å². The zero-order valence-electron chi connectivity index (χ0n) is 22.3. The summed E-state index contributed by atoms with van der Waals surface area (Å²) in [5.41, 5.74) is -0.463. The molecule has 16 heteroatoms. The Bertz CT molecular complexity index is 1600. The van der Waals surface area contributed by atoms with E-state index in [1.165, 1.54) is 0 Å². The fourth-order valence-electron chi connectivity index (χ4n) is 4.74. The SMILES string of the molecule is O=C(OC[C@@H]1O[C@H](Oc2cc([C@@H]3CC(=O)c4c(O)cc(O)cc4O3)cc(O)c2O)[C@@H](O)[C@H](O)[C@H]1O)c1cc(O)c(O)c(O)c1. The molecule has 0 unspecified atom stereocenters. The summed E-state index contributed by atoms with van der Waals surface area (Å²) in [5.74, 6) is -7.29. The number of fused-ring (bicyclic) bond motifs is 1. The first-order valence-corrected chi connectivity index (χ1v) is 12.8. The number of phenolic OH excluding ortho intramolecular Hbond substituents is 7. The van der Waals surface area contributed by atoms with Crippen LogP contribution in [-0.2, 0) is 9.47 Å². The van der Waals surface area contributed by atoms with Crippen LogP contribution in [0.2, 0.25) is 0 Å². The topological polar surface area (TPSA) is 273 Å². The van der Waals surface area contributed by atoms with Gasteiger partial charge >= 0.3 is 5.97 Å². The lowest BCUT2D eigenvalue weighted by Crippen LogP contribution is -2.60. The van der Waals surface area contributed by atoms with Crippen LogP contribution in [0.15, 0.2) is 36.4 Å². The van der Waals surface area contributed by atoms with Crippen molar-refractivity contribution in [3.63, 3.8) is 0 Å². The lowest BCUT2D eigenvalue weighted by molar-refractivity contribution is -0.277. The van der Waals surface area contributed by atoms with Gasteiger partial charge in [0.25, 0.3) is 0 Å². The molecule has 0 amide bonds. The van der Waals surface area contributed by atoms with Crippen LogP contribution in [0.4, 0.5) is 0 Å². The molecule has 2 aliphatic heterocycles. The second kappa shape index (κ2) is 11.5. The number of ether oxygens (including phenoxy) is 4. The number of ketones is 1. The maximum atomic E-state index is 12.7. The second-order valence-electron chi connectivity index (χ2n) is 10.1. The van der Waals surface area contributed by atoms with Crippen molar-refractivity contribution in [3.8, 4) is 51.7 Å². The lowest BCUT2D eigenvalue weighted by Gasteiger charge is -2.40. The van der Waals surface area contributed by atoms with Gasteiger partial charge in [-0.05, 0) is 24.3 Å². The number of aromatic hydroxyl groups is 7. The van der Waals surface area contributed by atoms with E-state index in [9.17, 15) is 60.7 Å². The monoisotopic (exact) mass is 618 g/mol. The van der Waals surface area contributed by atoms with Crippen LogP contribution >= 0.6 is 0 Å². The summed E-state index contributed by atoms with van der Waals surface area (Å²) in [4.78, 5) is 25.1. The number of hydrogen-bond acceptors (Lipinski definition) is 16. The number of phenols is 7. The van der Waals surface area contributed by atoms with Gasteiger partial charge in [0.15, 0.2) is 34.5 Å². The van der Waals surface area contributed by atoms with E-state index in [0.29, 0.717) is 0 Å². The van der Waals surface area contributed by atoms with Crippen molar-refractivity contribution in [3.05, 3.63) is 53.1 Å². The van der Waals surface area contributed by atoms with Crippen molar-refractivity contribution in [2.45, 2.75) is 43.2 Å². The molecule has 16 nitrogen and oxygen atoms in total. The summed E-state index contributed by atoms with van der Waals surface area (Å²) in [6.07, 6.45) is -10.5. The Morgan fingerprint density at radius 2 is 1.45 bits per heavy atom. The number of carbonyl (C=O) groups is 2. The number of aliphatic hydroxyl groups excluding tert-OH is 3. The van der Waals surface area contributed by atoms with Gasteiger partial charge in [-0.15, -0.1) is 0 Å². The molecule has 6 atom stereocenters. The van der Waals surface area contributed by atoms with Gasteiger partial charge in [0.05, 0.1) is 12.0 Å². The first-order chi connectivity index (χ1) is 20.7. The van der Waals surface area contributed by atoms with Gasteiger partial charge in [-0.3, -0.25) is 4.79 Å². The van der Waals surface area contributed by atoms with Crippen molar-refractivity contribution in [2.75, 3.05) is 6.61 Å². The van der Waals surface area contributed by atoms with Crippen LogP contribution in [0.5, 0.6) is 51.7 Å². The molecule has 2 aliphatic rings. The molecule has 44 heavy (non-hydrogen) atoms. The average Bonchev–Trinajstić information content (AvgIpc) is 2.96. The molecular weight excluding hydrogens is 592 g/mol. The Hall–Kier alpha value is -5.16. The Balaban J connectivity index is 1.34. The third-order valence-electron chi connectivity index (χ3n) is 7.03. The summed E-state index contributed by atoms with van der Waals surface area (Å²) in [5, 5.41) is 101. The minimum atomic E-state index is -1.93.